The Balaban J connectivity index is 2.76. The lowest BCUT2D eigenvalue weighted by molar-refractivity contribution is -0.129. The number of hydrogen-bond donors (Lipinski definition) is 1. The monoisotopic (exact) mass is 263 g/mol. The second-order valence-corrected chi connectivity index (χ2v) is 6.00. The van der Waals surface area contributed by atoms with Crippen LogP contribution in [0.5, 0.6) is 5.75 Å². The number of nitrogens with one attached hydrogen (secondary N) is 1. The summed E-state index contributed by atoms with van der Waals surface area (Å²) < 4.78 is 5.80. The fraction of sp³-hybridized carbons (Fsp3) is 0.562. The zero-order valence-corrected chi connectivity index (χ0v) is 12.8. The molecule has 0 saturated carbocycles. The van der Waals surface area contributed by atoms with E-state index in [9.17, 15) is 4.79 Å². The first-order valence-corrected chi connectivity index (χ1v) is 6.79. The molecule has 0 aliphatic heterocycles. The Morgan fingerprint density at radius 3 is 2.37 bits per heavy atom. The summed E-state index contributed by atoms with van der Waals surface area (Å²) in [6.07, 6.45) is 0.204. The zero-order valence-electron chi connectivity index (χ0n) is 12.8. The Kier molecular flexibility index (Phi) is 4.98. The Morgan fingerprint density at radius 2 is 1.89 bits per heavy atom. The van der Waals surface area contributed by atoms with E-state index >= 15 is 0 Å². The molecule has 0 unspecified atom stereocenters. The third kappa shape index (κ3) is 4.93. The molecule has 1 rings (SSSR count). The van der Waals surface area contributed by atoms with Gasteiger partial charge in [-0.05, 0) is 64.3 Å². The minimum absolute atomic E-state index is 0.0618. The maximum atomic E-state index is 12.1. The molecule has 1 atom stereocenters. The molecule has 0 spiro atoms. The third-order valence-corrected chi connectivity index (χ3v) is 2.92. The second kappa shape index (κ2) is 6.09. The van der Waals surface area contributed by atoms with E-state index in [1.54, 1.807) is 0 Å². The highest BCUT2D eigenvalue weighted by Crippen LogP contribution is 2.18. The van der Waals surface area contributed by atoms with Gasteiger partial charge in [0.15, 0.2) is 6.10 Å². The molecule has 3 nitrogen and oxygen atoms in total. The van der Waals surface area contributed by atoms with Crippen LogP contribution in [0.1, 0.15) is 45.2 Å². The van der Waals surface area contributed by atoms with E-state index in [0.29, 0.717) is 6.42 Å². The predicted octanol–water partition coefficient (Wildman–Crippen LogP) is 3.38. The van der Waals surface area contributed by atoms with Gasteiger partial charge in [-0.15, -0.1) is 0 Å². The summed E-state index contributed by atoms with van der Waals surface area (Å²) in [5, 5.41) is 2.95. The summed E-state index contributed by atoms with van der Waals surface area (Å²) in [5.74, 6) is 0.687. The highest BCUT2D eigenvalue weighted by Gasteiger charge is 2.23. The fourth-order valence-corrected chi connectivity index (χ4v) is 1.72. The zero-order chi connectivity index (χ0) is 14.6. The quantitative estimate of drug-likeness (QED) is 0.904. The summed E-state index contributed by atoms with van der Waals surface area (Å²) >= 11 is 0. The topological polar surface area (TPSA) is 38.3 Å². The van der Waals surface area contributed by atoms with E-state index in [-0.39, 0.29) is 11.4 Å². The first-order chi connectivity index (χ1) is 8.73. The molecule has 0 saturated heterocycles. The standard InChI is InChI=1S/C16H25NO2/c1-7-14(15(18)17-16(4,5)6)19-13-9-8-11(2)12(3)10-13/h8-10,14H,7H2,1-6H3,(H,17,18)/t14-/m0/s1. The first kappa shape index (κ1) is 15.5. The van der Waals surface area contributed by atoms with Crippen molar-refractivity contribution in [1.29, 1.82) is 0 Å². The number of rotatable bonds is 4. The lowest BCUT2D eigenvalue weighted by Gasteiger charge is -2.25. The molecule has 0 aliphatic rings. The summed E-state index contributed by atoms with van der Waals surface area (Å²) in [4.78, 5) is 12.1. The minimum atomic E-state index is -0.443. The van der Waals surface area contributed by atoms with Gasteiger partial charge in [0.05, 0.1) is 0 Å². The maximum Gasteiger partial charge on any atom is 0.261 e. The largest absolute Gasteiger partial charge is 0.481 e. The maximum absolute atomic E-state index is 12.1. The van der Waals surface area contributed by atoms with Crippen LogP contribution < -0.4 is 10.1 Å². The smallest absolute Gasteiger partial charge is 0.261 e. The Labute approximate surface area is 116 Å². The first-order valence-electron chi connectivity index (χ1n) is 6.79. The summed E-state index contributed by atoms with van der Waals surface area (Å²) in [7, 11) is 0. The van der Waals surface area contributed by atoms with Crippen molar-refractivity contribution in [3.05, 3.63) is 29.3 Å². The van der Waals surface area contributed by atoms with Crippen LogP contribution in [-0.2, 0) is 4.79 Å². The molecule has 0 fully saturated rings. The lowest BCUT2D eigenvalue weighted by atomic mass is 10.1. The van der Waals surface area contributed by atoms with Gasteiger partial charge >= 0.3 is 0 Å². The summed E-state index contributed by atoms with van der Waals surface area (Å²) in [6.45, 7) is 11.9. The number of carbonyl (C=O) groups excluding carboxylic acids is 1. The highest BCUT2D eigenvalue weighted by atomic mass is 16.5. The van der Waals surface area contributed by atoms with E-state index in [1.165, 1.54) is 11.1 Å². The van der Waals surface area contributed by atoms with E-state index in [4.69, 9.17) is 4.74 Å². The Hall–Kier alpha value is -1.51. The second-order valence-electron chi connectivity index (χ2n) is 6.00. The summed E-state index contributed by atoms with van der Waals surface area (Å²) in [6, 6.07) is 5.90. The average Bonchev–Trinajstić information content (AvgIpc) is 2.28. The molecule has 0 bridgehead atoms. The summed E-state index contributed by atoms with van der Waals surface area (Å²) in [5.41, 5.74) is 2.15. The lowest BCUT2D eigenvalue weighted by Crippen LogP contribution is -2.47. The Bertz CT molecular complexity index is 447. The van der Waals surface area contributed by atoms with Gasteiger partial charge in [-0.3, -0.25) is 4.79 Å². The van der Waals surface area contributed by atoms with Crippen LogP contribution >= 0.6 is 0 Å². The number of aryl methyl sites for hydroxylation is 2. The normalized spacial score (nSPS) is 12.9. The van der Waals surface area contributed by atoms with E-state index in [2.05, 4.69) is 12.2 Å². The molecule has 0 aromatic heterocycles. The molecule has 3 heteroatoms. The number of ether oxygens (including phenoxy) is 1. The van der Waals surface area contributed by atoms with Gasteiger partial charge in [0, 0.05) is 5.54 Å². The molecular formula is C16H25NO2. The van der Waals surface area contributed by atoms with Crippen molar-refractivity contribution in [2.75, 3.05) is 0 Å². The molecule has 1 aromatic carbocycles. The number of carbonyl (C=O) groups is 1. The van der Waals surface area contributed by atoms with Crippen LogP contribution in [0.2, 0.25) is 0 Å². The predicted molar refractivity (Wildman–Crippen MR) is 78.5 cm³/mol. The molecule has 1 aromatic rings. The fourth-order valence-electron chi connectivity index (χ4n) is 1.72. The van der Waals surface area contributed by atoms with Crippen LogP contribution in [0.25, 0.3) is 0 Å². The van der Waals surface area contributed by atoms with Gasteiger partial charge in [0.1, 0.15) is 5.75 Å². The van der Waals surface area contributed by atoms with Crippen molar-refractivity contribution in [1.82, 2.24) is 5.32 Å². The third-order valence-electron chi connectivity index (χ3n) is 2.92. The number of amides is 1. The highest BCUT2D eigenvalue weighted by molar-refractivity contribution is 5.81. The SMILES string of the molecule is CC[C@H](Oc1ccc(C)c(C)c1)C(=O)NC(C)(C)C. The van der Waals surface area contributed by atoms with Crippen molar-refractivity contribution in [2.24, 2.45) is 0 Å². The molecule has 19 heavy (non-hydrogen) atoms. The van der Waals surface area contributed by atoms with Crippen molar-refractivity contribution < 1.29 is 9.53 Å². The average molecular weight is 263 g/mol. The number of benzene rings is 1. The molecule has 1 amide bonds. The van der Waals surface area contributed by atoms with Crippen LogP contribution in [0.4, 0.5) is 0 Å². The van der Waals surface area contributed by atoms with Gasteiger partial charge in [0.2, 0.25) is 0 Å². The molecule has 0 aliphatic carbocycles. The van der Waals surface area contributed by atoms with Crippen LogP contribution in [-0.4, -0.2) is 17.6 Å². The van der Waals surface area contributed by atoms with Crippen LogP contribution in [0.15, 0.2) is 18.2 Å². The van der Waals surface area contributed by atoms with Gasteiger partial charge in [-0.25, -0.2) is 0 Å². The van der Waals surface area contributed by atoms with E-state index < -0.39 is 6.10 Å². The van der Waals surface area contributed by atoms with Crippen molar-refractivity contribution in [3.63, 3.8) is 0 Å². The van der Waals surface area contributed by atoms with Crippen LogP contribution in [0, 0.1) is 13.8 Å². The molecule has 0 heterocycles. The van der Waals surface area contributed by atoms with E-state index in [0.717, 1.165) is 5.75 Å². The van der Waals surface area contributed by atoms with Crippen molar-refractivity contribution in [2.45, 2.75) is 59.6 Å². The molecular weight excluding hydrogens is 238 g/mol. The molecule has 1 N–H and O–H groups in total. The van der Waals surface area contributed by atoms with Crippen molar-refractivity contribution in [3.8, 4) is 5.75 Å². The molecule has 106 valence electrons. The van der Waals surface area contributed by atoms with Gasteiger partial charge in [-0.1, -0.05) is 13.0 Å². The van der Waals surface area contributed by atoms with Gasteiger partial charge in [0.25, 0.3) is 5.91 Å². The number of hydrogen-bond acceptors (Lipinski definition) is 2. The minimum Gasteiger partial charge on any atom is -0.481 e. The van der Waals surface area contributed by atoms with Crippen LogP contribution in [0.3, 0.4) is 0 Å². The van der Waals surface area contributed by atoms with Gasteiger partial charge in [-0.2, -0.15) is 0 Å². The van der Waals surface area contributed by atoms with Gasteiger partial charge < -0.3 is 10.1 Å². The Morgan fingerprint density at radius 1 is 1.26 bits per heavy atom. The molecule has 0 radical (unpaired) electrons. The van der Waals surface area contributed by atoms with E-state index in [1.807, 2.05) is 52.8 Å². The van der Waals surface area contributed by atoms with Crippen molar-refractivity contribution >= 4 is 5.91 Å².